The number of hydrogen-bond donors (Lipinski definition) is 2. The molecule has 0 amide bonds. The second kappa shape index (κ2) is 3.49. The molecule has 3 N–H and O–H groups in total. The second-order valence-corrected chi connectivity index (χ2v) is 2.47. The van der Waals surface area contributed by atoms with Crippen LogP contribution in [0.2, 0.25) is 0 Å². The summed E-state index contributed by atoms with van der Waals surface area (Å²) in [7, 11) is 1.04. The first kappa shape index (κ1) is 10.2. The van der Waals surface area contributed by atoms with E-state index in [1.165, 1.54) is 0 Å². The average molecular weight is 203 g/mol. The van der Waals surface area contributed by atoms with E-state index in [1.54, 1.807) is 0 Å². The number of rotatable bonds is 1. The summed E-state index contributed by atoms with van der Waals surface area (Å²) in [6.45, 7) is 0. The summed E-state index contributed by atoms with van der Waals surface area (Å²) in [5, 5.41) is 9.17. The van der Waals surface area contributed by atoms with Crippen molar-refractivity contribution in [1.82, 2.24) is 0 Å². The SMILES string of the molecule is COC(=O)c1cc(F)c(F)c(N)c1O. The van der Waals surface area contributed by atoms with E-state index in [-0.39, 0.29) is 0 Å². The number of halogens is 2. The van der Waals surface area contributed by atoms with Crippen LogP contribution in [0.25, 0.3) is 0 Å². The van der Waals surface area contributed by atoms with Gasteiger partial charge in [0, 0.05) is 0 Å². The molecule has 0 saturated heterocycles. The van der Waals surface area contributed by atoms with Gasteiger partial charge in [0.25, 0.3) is 0 Å². The molecule has 1 aromatic carbocycles. The Kier molecular flexibility index (Phi) is 2.55. The fourth-order valence-corrected chi connectivity index (χ4v) is 0.902. The summed E-state index contributed by atoms with van der Waals surface area (Å²) in [5.74, 6) is -4.53. The zero-order valence-corrected chi connectivity index (χ0v) is 7.17. The molecule has 6 heteroatoms. The lowest BCUT2D eigenvalue weighted by Crippen LogP contribution is -2.06. The lowest BCUT2D eigenvalue weighted by atomic mass is 10.1. The minimum absolute atomic E-state index is 0.510. The molecule has 76 valence electrons. The third-order valence-corrected chi connectivity index (χ3v) is 1.63. The molecule has 0 aromatic heterocycles. The van der Waals surface area contributed by atoms with Gasteiger partial charge in [0.2, 0.25) is 0 Å². The quantitative estimate of drug-likeness (QED) is 0.406. The van der Waals surface area contributed by atoms with E-state index in [0.29, 0.717) is 6.07 Å². The topological polar surface area (TPSA) is 72.5 Å². The Morgan fingerprint density at radius 2 is 2.14 bits per heavy atom. The smallest absolute Gasteiger partial charge is 0.341 e. The van der Waals surface area contributed by atoms with Crippen LogP contribution < -0.4 is 5.73 Å². The third-order valence-electron chi connectivity index (χ3n) is 1.63. The molecule has 0 saturated carbocycles. The van der Waals surface area contributed by atoms with Gasteiger partial charge in [0.15, 0.2) is 17.4 Å². The Bertz CT molecular complexity index is 393. The molecule has 4 nitrogen and oxygen atoms in total. The Hall–Kier alpha value is -1.85. The van der Waals surface area contributed by atoms with Crippen molar-refractivity contribution in [3.63, 3.8) is 0 Å². The molecule has 14 heavy (non-hydrogen) atoms. The molecule has 1 rings (SSSR count). The molecule has 1 aromatic rings. The van der Waals surface area contributed by atoms with Gasteiger partial charge in [-0.1, -0.05) is 0 Å². The number of nitrogen functional groups attached to an aromatic ring is 1. The van der Waals surface area contributed by atoms with Gasteiger partial charge < -0.3 is 15.6 Å². The Balaban J connectivity index is 3.40. The van der Waals surface area contributed by atoms with Gasteiger partial charge in [0.1, 0.15) is 11.3 Å². The summed E-state index contributed by atoms with van der Waals surface area (Å²) in [4.78, 5) is 10.9. The molecular formula is C8H7F2NO3. The predicted molar refractivity (Wildman–Crippen MR) is 43.8 cm³/mol. The standard InChI is InChI=1S/C8H7F2NO3/c1-14-8(13)3-2-4(9)5(10)6(11)7(3)12/h2,12H,11H2,1H3. The number of methoxy groups -OCH3 is 1. The normalized spacial score (nSPS) is 9.93. The Morgan fingerprint density at radius 1 is 1.57 bits per heavy atom. The molecule has 0 radical (unpaired) electrons. The number of nitrogens with two attached hydrogens (primary N) is 1. The zero-order chi connectivity index (χ0) is 10.9. The largest absolute Gasteiger partial charge is 0.505 e. The van der Waals surface area contributed by atoms with E-state index in [9.17, 15) is 18.7 Å². The Labute approximate surface area is 77.9 Å². The van der Waals surface area contributed by atoms with Gasteiger partial charge >= 0.3 is 5.97 Å². The van der Waals surface area contributed by atoms with E-state index in [1.807, 2.05) is 0 Å². The molecule has 0 atom stereocenters. The number of carbonyl (C=O) groups excluding carboxylic acids is 1. The molecule has 0 heterocycles. The maximum atomic E-state index is 12.7. The van der Waals surface area contributed by atoms with E-state index in [4.69, 9.17) is 5.73 Å². The van der Waals surface area contributed by atoms with Crippen molar-refractivity contribution in [3.8, 4) is 5.75 Å². The van der Waals surface area contributed by atoms with Crippen molar-refractivity contribution in [2.24, 2.45) is 0 Å². The van der Waals surface area contributed by atoms with Crippen LogP contribution in [0, 0.1) is 11.6 Å². The lowest BCUT2D eigenvalue weighted by molar-refractivity contribution is 0.0597. The van der Waals surface area contributed by atoms with Crippen LogP contribution in [0.15, 0.2) is 6.07 Å². The van der Waals surface area contributed by atoms with Gasteiger partial charge in [-0.3, -0.25) is 0 Å². The molecule has 0 aliphatic rings. The number of benzene rings is 1. The zero-order valence-electron chi connectivity index (χ0n) is 7.17. The van der Waals surface area contributed by atoms with E-state index in [2.05, 4.69) is 4.74 Å². The van der Waals surface area contributed by atoms with Gasteiger partial charge in [-0.25, -0.2) is 13.6 Å². The number of hydrogen-bond acceptors (Lipinski definition) is 4. The van der Waals surface area contributed by atoms with Crippen LogP contribution in [-0.2, 0) is 4.74 Å². The average Bonchev–Trinajstić information content (AvgIpc) is 2.19. The van der Waals surface area contributed by atoms with Crippen molar-refractivity contribution in [1.29, 1.82) is 0 Å². The highest BCUT2D eigenvalue weighted by Crippen LogP contribution is 2.30. The van der Waals surface area contributed by atoms with Crippen LogP contribution in [0.4, 0.5) is 14.5 Å². The minimum atomic E-state index is -1.39. The number of aromatic hydroxyl groups is 1. The van der Waals surface area contributed by atoms with Gasteiger partial charge in [-0.15, -0.1) is 0 Å². The molecule has 0 aliphatic carbocycles. The molecular weight excluding hydrogens is 196 g/mol. The van der Waals surface area contributed by atoms with Crippen molar-refractivity contribution >= 4 is 11.7 Å². The molecule has 0 spiro atoms. The number of anilines is 1. The third kappa shape index (κ3) is 1.46. The maximum absolute atomic E-state index is 12.7. The number of ether oxygens (including phenoxy) is 1. The fourth-order valence-electron chi connectivity index (χ4n) is 0.902. The monoisotopic (exact) mass is 203 g/mol. The molecule has 0 fully saturated rings. The highest BCUT2D eigenvalue weighted by Gasteiger charge is 2.20. The lowest BCUT2D eigenvalue weighted by Gasteiger charge is -2.06. The van der Waals surface area contributed by atoms with Crippen LogP contribution in [-0.4, -0.2) is 18.2 Å². The summed E-state index contributed by atoms with van der Waals surface area (Å²) >= 11 is 0. The summed E-state index contributed by atoms with van der Waals surface area (Å²) in [6.07, 6.45) is 0. The first-order valence-corrected chi connectivity index (χ1v) is 3.53. The van der Waals surface area contributed by atoms with Crippen LogP contribution in [0.5, 0.6) is 5.75 Å². The van der Waals surface area contributed by atoms with Crippen LogP contribution in [0.1, 0.15) is 10.4 Å². The Morgan fingerprint density at radius 3 is 2.64 bits per heavy atom. The summed E-state index contributed by atoms with van der Waals surface area (Å²) in [6, 6.07) is 0.521. The highest BCUT2D eigenvalue weighted by atomic mass is 19.2. The van der Waals surface area contributed by atoms with Crippen LogP contribution in [0.3, 0.4) is 0 Å². The van der Waals surface area contributed by atoms with Crippen molar-refractivity contribution in [3.05, 3.63) is 23.3 Å². The second-order valence-electron chi connectivity index (χ2n) is 2.47. The van der Waals surface area contributed by atoms with Gasteiger partial charge in [-0.2, -0.15) is 0 Å². The van der Waals surface area contributed by atoms with Crippen molar-refractivity contribution in [2.45, 2.75) is 0 Å². The first-order chi connectivity index (χ1) is 6.49. The summed E-state index contributed by atoms with van der Waals surface area (Å²) in [5.41, 5.74) is 3.68. The summed E-state index contributed by atoms with van der Waals surface area (Å²) < 4.78 is 29.7. The predicted octanol–water partition coefficient (Wildman–Crippen LogP) is 1.04. The molecule has 0 bridgehead atoms. The number of carbonyl (C=O) groups is 1. The van der Waals surface area contributed by atoms with Crippen LogP contribution >= 0.6 is 0 Å². The number of phenols is 1. The van der Waals surface area contributed by atoms with E-state index < -0.39 is 34.6 Å². The van der Waals surface area contributed by atoms with Gasteiger partial charge in [-0.05, 0) is 6.07 Å². The number of phenolic OH excluding ortho intramolecular Hbond substituents is 1. The molecule has 0 aliphatic heterocycles. The minimum Gasteiger partial charge on any atom is -0.505 e. The van der Waals surface area contributed by atoms with Crippen molar-refractivity contribution in [2.75, 3.05) is 12.8 Å². The maximum Gasteiger partial charge on any atom is 0.341 e. The van der Waals surface area contributed by atoms with Gasteiger partial charge in [0.05, 0.1) is 7.11 Å². The molecule has 0 unspecified atom stereocenters. The van der Waals surface area contributed by atoms with Crippen molar-refractivity contribution < 1.29 is 23.4 Å². The fraction of sp³-hybridized carbons (Fsp3) is 0.125. The highest BCUT2D eigenvalue weighted by molar-refractivity contribution is 5.94. The number of esters is 1. The first-order valence-electron chi connectivity index (χ1n) is 3.53. The van der Waals surface area contributed by atoms with E-state index in [0.717, 1.165) is 7.11 Å². The van der Waals surface area contributed by atoms with E-state index >= 15 is 0 Å².